The number of aryl methyl sites for hydroxylation is 2. The van der Waals surface area contributed by atoms with E-state index >= 15 is 0 Å². The number of carbonyl (C=O) groups excluding carboxylic acids is 2. The second-order valence-corrected chi connectivity index (χ2v) is 10.2. The monoisotopic (exact) mass is 575 g/mol. The minimum Gasteiger partial charge on any atom is -0.497 e. The fourth-order valence-corrected chi connectivity index (χ4v) is 4.64. The minimum absolute atomic E-state index is 0.271. The van der Waals surface area contributed by atoms with Crippen molar-refractivity contribution in [2.75, 3.05) is 19.5 Å². The van der Waals surface area contributed by atoms with E-state index in [2.05, 4.69) is 5.32 Å². The van der Waals surface area contributed by atoms with Crippen LogP contribution in [0.4, 0.5) is 5.69 Å². The summed E-state index contributed by atoms with van der Waals surface area (Å²) in [5, 5.41) is 2.79. The second kappa shape index (κ2) is 12.7. The maximum Gasteiger partial charge on any atom is 0.338 e. The van der Waals surface area contributed by atoms with E-state index in [1.807, 2.05) is 62.4 Å². The van der Waals surface area contributed by atoms with Crippen LogP contribution >= 0.6 is 0 Å². The highest BCUT2D eigenvalue weighted by atomic mass is 16.5. The second-order valence-electron chi connectivity index (χ2n) is 10.2. The normalized spacial score (nSPS) is 11.6. The molecule has 1 atom stereocenters. The van der Waals surface area contributed by atoms with Crippen LogP contribution in [0.25, 0.3) is 33.5 Å². The molecule has 8 heteroatoms. The van der Waals surface area contributed by atoms with Crippen LogP contribution in [0.5, 0.6) is 11.5 Å². The van der Waals surface area contributed by atoms with Gasteiger partial charge in [-0.05, 0) is 50.6 Å². The molecule has 5 aromatic rings. The van der Waals surface area contributed by atoms with Crippen LogP contribution in [0, 0.1) is 13.8 Å². The Labute approximate surface area is 250 Å². The molecule has 1 unspecified atom stereocenters. The van der Waals surface area contributed by atoms with E-state index in [1.54, 1.807) is 50.4 Å². The van der Waals surface area contributed by atoms with Gasteiger partial charge < -0.3 is 19.5 Å². The molecule has 43 heavy (non-hydrogen) atoms. The number of methoxy groups -OCH3 is 2. The van der Waals surface area contributed by atoms with Gasteiger partial charge in [0.2, 0.25) is 0 Å². The lowest BCUT2D eigenvalue weighted by Gasteiger charge is -2.18. The largest absolute Gasteiger partial charge is 0.497 e. The summed E-state index contributed by atoms with van der Waals surface area (Å²) in [5.41, 5.74) is 7.51. The number of carbonyl (C=O) groups is 2. The molecule has 5 rings (SSSR count). The number of esters is 1. The zero-order chi connectivity index (χ0) is 30.5. The molecule has 0 aliphatic heterocycles. The van der Waals surface area contributed by atoms with E-state index < -0.39 is 18.0 Å². The van der Waals surface area contributed by atoms with E-state index in [1.165, 1.54) is 7.11 Å². The first kappa shape index (κ1) is 29.3. The number of nitrogens with one attached hydrogen (secondary N) is 1. The molecule has 218 valence electrons. The van der Waals surface area contributed by atoms with Crippen molar-refractivity contribution in [3.05, 3.63) is 102 Å². The number of hydrogen-bond donors (Lipinski definition) is 1. The molecule has 0 saturated heterocycles. The van der Waals surface area contributed by atoms with E-state index in [-0.39, 0.29) is 12.0 Å². The smallest absolute Gasteiger partial charge is 0.338 e. The third kappa shape index (κ3) is 6.48. The van der Waals surface area contributed by atoms with Gasteiger partial charge in [0.15, 0.2) is 6.10 Å². The quantitative estimate of drug-likeness (QED) is 0.186. The van der Waals surface area contributed by atoms with Crippen molar-refractivity contribution in [1.82, 2.24) is 9.97 Å². The van der Waals surface area contributed by atoms with E-state index in [4.69, 9.17) is 24.2 Å². The predicted molar refractivity (Wildman–Crippen MR) is 168 cm³/mol. The Morgan fingerprint density at radius 1 is 0.744 bits per heavy atom. The van der Waals surface area contributed by atoms with Crippen LogP contribution in [0.2, 0.25) is 0 Å². The first-order chi connectivity index (χ1) is 20.8. The van der Waals surface area contributed by atoms with Crippen LogP contribution in [-0.4, -0.2) is 42.2 Å². The lowest BCUT2D eigenvalue weighted by molar-refractivity contribution is -0.124. The Morgan fingerprint density at radius 3 is 1.91 bits per heavy atom. The molecule has 4 aromatic carbocycles. The summed E-state index contributed by atoms with van der Waals surface area (Å²) < 4.78 is 16.2. The Hall–Kier alpha value is -5.24. The average molecular weight is 576 g/mol. The third-order valence-corrected chi connectivity index (χ3v) is 7.13. The maximum atomic E-state index is 13.2. The molecule has 0 saturated carbocycles. The molecular formula is C35H33N3O5. The van der Waals surface area contributed by atoms with Gasteiger partial charge in [-0.3, -0.25) is 4.79 Å². The molecule has 1 N–H and O–H groups in total. The van der Waals surface area contributed by atoms with E-state index in [0.717, 1.165) is 27.9 Å². The third-order valence-electron chi connectivity index (χ3n) is 7.13. The number of rotatable bonds is 9. The summed E-state index contributed by atoms with van der Waals surface area (Å²) in [6, 6.07) is 26.3. The van der Waals surface area contributed by atoms with Gasteiger partial charge in [0, 0.05) is 17.2 Å². The van der Waals surface area contributed by atoms with Crippen molar-refractivity contribution >= 4 is 28.6 Å². The van der Waals surface area contributed by atoms with Crippen molar-refractivity contribution in [1.29, 1.82) is 0 Å². The number of benzene rings is 4. The van der Waals surface area contributed by atoms with Gasteiger partial charge in [-0.25, -0.2) is 14.8 Å². The number of nitrogens with zero attached hydrogens (tertiary/aromatic N) is 2. The molecule has 1 amide bonds. The Kier molecular flexibility index (Phi) is 8.66. The van der Waals surface area contributed by atoms with Gasteiger partial charge in [-0.15, -0.1) is 0 Å². The number of anilines is 1. The molecule has 0 fully saturated rings. The molecule has 0 spiro atoms. The Bertz CT molecular complexity index is 1780. The van der Waals surface area contributed by atoms with Gasteiger partial charge in [-0.1, -0.05) is 66.6 Å². The van der Waals surface area contributed by atoms with Crippen molar-refractivity contribution < 1.29 is 23.8 Å². The molecule has 0 aliphatic rings. The summed E-state index contributed by atoms with van der Waals surface area (Å²) >= 11 is 0. The molecule has 1 heterocycles. The highest BCUT2D eigenvalue weighted by Crippen LogP contribution is 2.32. The van der Waals surface area contributed by atoms with Crippen molar-refractivity contribution in [3.8, 4) is 34.0 Å². The van der Waals surface area contributed by atoms with Gasteiger partial charge in [-0.2, -0.15) is 0 Å². The first-order valence-corrected chi connectivity index (χ1v) is 14.0. The molecule has 8 nitrogen and oxygen atoms in total. The van der Waals surface area contributed by atoms with E-state index in [9.17, 15) is 9.59 Å². The lowest BCUT2D eigenvalue weighted by atomic mass is 10.0. The van der Waals surface area contributed by atoms with Crippen LogP contribution in [-0.2, 0) is 9.53 Å². The number of aromatic nitrogens is 2. The standard InChI is InChI=1S/C35H33N3O5/c1-6-30(34(39)38-28-18-16-26(41-4)20-31(28)42-5)43-35(40)25-15-17-27-29(19-25)37-33(24-13-9-22(3)10-14-24)32(36-27)23-11-7-21(2)8-12-23/h7-20,30H,6H2,1-5H3,(H,38,39). The van der Waals surface area contributed by atoms with Crippen LogP contribution < -0.4 is 14.8 Å². The summed E-state index contributed by atoms with van der Waals surface area (Å²) in [4.78, 5) is 36.2. The van der Waals surface area contributed by atoms with Gasteiger partial charge in [0.05, 0.1) is 47.9 Å². The number of amides is 1. The average Bonchev–Trinajstić information content (AvgIpc) is 3.03. The zero-order valence-electron chi connectivity index (χ0n) is 24.8. The minimum atomic E-state index is -1.02. The van der Waals surface area contributed by atoms with Crippen LogP contribution in [0.1, 0.15) is 34.8 Å². The fraction of sp³-hybridized carbons (Fsp3) is 0.200. The zero-order valence-corrected chi connectivity index (χ0v) is 24.8. The van der Waals surface area contributed by atoms with E-state index in [0.29, 0.717) is 33.9 Å². The van der Waals surface area contributed by atoms with Gasteiger partial charge in [0.25, 0.3) is 5.91 Å². The summed E-state index contributed by atoms with van der Waals surface area (Å²) in [6.07, 6.45) is -0.742. The summed E-state index contributed by atoms with van der Waals surface area (Å²) in [7, 11) is 3.04. The molecule has 0 bridgehead atoms. The Morgan fingerprint density at radius 2 is 1.35 bits per heavy atom. The summed E-state index contributed by atoms with van der Waals surface area (Å²) in [6.45, 7) is 5.85. The SMILES string of the molecule is CCC(OC(=O)c1ccc2nc(-c3ccc(C)cc3)c(-c3ccc(C)cc3)nc2c1)C(=O)Nc1ccc(OC)cc1OC. The number of fused-ring (bicyclic) bond motifs is 1. The first-order valence-electron chi connectivity index (χ1n) is 14.0. The molecular weight excluding hydrogens is 542 g/mol. The van der Waals surface area contributed by atoms with Crippen molar-refractivity contribution in [3.63, 3.8) is 0 Å². The molecule has 0 radical (unpaired) electrons. The topological polar surface area (TPSA) is 99.6 Å². The lowest BCUT2D eigenvalue weighted by Crippen LogP contribution is -2.32. The van der Waals surface area contributed by atoms with Crippen LogP contribution in [0.15, 0.2) is 84.9 Å². The van der Waals surface area contributed by atoms with Crippen molar-refractivity contribution in [2.45, 2.75) is 33.3 Å². The Balaban J connectivity index is 1.43. The maximum absolute atomic E-state index is 13.2. The van der Waals surface area contributed by atoms with Crippen LogP contribution in [0.3, 0.4) is 0 Å². The summed E-state index contributed by atoms with van der Waals surface area (Å²) in [5.74, 6) is -0.0863. The number of hydrogen-bond acceptors (Lipinski definition) is 7. The van der Waals surface area contributed by atoms with Crippen molar-refractivity contribution in [2.24, 2.45) is 0 Å². The van der Waals surface area contributed by atoms with Gasteiger partial charge >= 0.3 is 5.97 Å². The number of ether oxygens (including phenoxy) is 3. The fourth-order valence-electron chi connectivity index (χ4n) is 4.64. The highest BCUT2D eigenvalue weighted by Gasteiger charge is 2.24. The highest BCUT2D eigenvalue weighted by molar-refractivity contribution is 5.99. The molecule has 1 aromatic heterocycles. The molecule has 0 aliphatic carbocycles. The predicted octanol–water partition coefficient (Wildman–Crippen LogP) is 7.17. The van der Waals surface area contributed by atoms with Gasteiger partial charge in [0.1, 0.15) is 11.5 Å².